The van der Waals surface area contributed by atoms with Gasteiger partial charge in [-0.25, -0.2) is 8.78 Å². The van der Waals surface area contributed by atoms with Crippen molar-refractivity contribution >= 4 is 27.6 Å². The molecule has 3 aliphatic rings. The first-order chi connectivity index (χ1) is 19.5. The number of ether oxygens (including phenoxy) is 1. The number of piperazine rings is 1. The summed E-state index contributed by atoms with van der Waals surface area (Å²) in [5.74, 6) is 0.154. The van der Waals surface area contributed by atoms with E-state index in [1.54, 1.807) is 12.4 Å². The fourth-order valence-corrected chi connectivity index (χ4v) is 5.87. The average molecular weight is 553 g/mol. The van der Waals surface area contributed by atoms with Crippen LogP contribution in [0.1, 0.15) is 38.7 Å². The Morgan fingerprint density at radius 1 is 1.05 bits per heavy atom. The van der Waals surface area contributed by atoms with E-state index in [4.69, 9.17) is 4.74 Å². The van der Waals surface area contributed by atoms with Crippen molar-refractivity contribution in [1.29, 1.82) is 0 Å². The third-order valence-corrected chi connectivity index (χ3v) is 7.77. The molecule has 214 valence electrons. The molecule has 6 heterocycles. The molecular weight excluding hydrogens is 514 g/mol. The zero-order valence-corrected chi connectivity index (χ0v) is 23.7. The SMILES string of the molecule is CC.COc1nc(N2CCNCC2)c2cnc(-c3c(C)ccc4[nH]ncc34)c(F)c2n1.FC1CC2CCCN2C1. The number of hydrogen-bond acceptors (Lipinski definition) is 8. The fourth-order valence-electron chi connectivity index (χ4n) is 5.87. The molecule has 3 aliphatic heterocycles. The van der Waals surface area contributed by atoms with Crippen LogP contribution in [0, 0.1) is 12.7 Å². The summed E-state index contributed by atoms with van der Waals surface area (Å²) in [5, 5.41) is 11.7. The molecule has 2 atom stereocenters. The topological polar surface area (TPSA) is 95.1 Å². The molecule has 3 aromatic heterocycles. The van der Waals surface area contributed by atoms with Crippen LogP contribution in [-0.2, 0) is 0 Å². The maximum Gasteiger partial charge on any atom is 0.318 e. The van der Waals surface area contributed by atoms with Crippen molar-refractivity contribution in [3.8, 4) is 17.3 Å². The van der Waals surface area contributed by atoms with Gasteiger partial charge < -0.3 is 15.0 Å². The van der Waals surface area contributed by atoms with Gasteiger partial charge in [-0.1, -0.05) is 19.9 Å². The number of hydrogen-bond donors (Lipinski definition) is 2. The van der Waals surface area contributed by atoms with Crippen LogP contribution in [0.3, 0.4) is 0 Å². The van der Waals surface area contributed by atoms with E-state index in [-0.39, 0.29) is 17.2 Å². The number of pyridine rings is 1. The average Bonchev–Trinajstić information content (AvgIpc) is 3.72. The number of nitrogens with zero attached hydrogens (tertiary/aromatic N) is 6. The Hall–Kier alpha value is -3.44. The van der Waals surface area contributed by atoms with Crippen LogP contribution >= 0.6 is 0 Å². The van der Waals surface area contributed by atoms with Crippen molar-refractivity contribution in [1.82, 2.24) is 35.4 Å². The predicted molar refractivity (Wildman–Crippen MR) is 154 cm³/mol. The highest BCUT2D eigenvalue weighted by atomic mass is 19.1. The number of benzene rings is 1. The van der Waals surface area contributed by atoms with Gasteiger partial charge in [0.15, 0.2) is 5.82 Å². The van der Waals surface area contributed by atoms with Crippen LogP contribution in [-0.4, -0.2) is 88.6 Å². The Morgan fingerprint density at radius 2 is 1.85 bits per heavy atom. The number of methoxy groups -OCH3 is 1. The summed E-state index contributed by atoms with van der Waals surface area (Å²) >= 11 is 0. The molecule has 0 spiro atoms. The van der Waals surface area contributed by atoms with E-state index < -0.39 is 12.0 Å². The molecule has 11 heteroatoms. The number of alkyl halides is 1. The molecule has 0 aliphatic carbocycles. The zero-order chi connectivity index (χ0) is 28.2. The second kappa shape index (κ2) is 12.4. The summed E-state index contributed by atoms with van der Waals surface area (Å²) in [4.78, 5) is 17.7. The number of aryl methyl sites for hydroxylation is 1. The van der Waals surface area contributed by atoms with Crippen LogP contribution in [0.25, 0.3) is 33.1 Å². The van der Waals surface area contributed by atoms with Gasteiger partial charge in [0, 0.05) is 55.9 Å². The standard InChI is InChI=1S/C20H20FN7O.C7H12FN.C2H6/c1-11-3-4-14-12(10-24-27-14)15(11)18-16(21)17-13(9-23-18)19(26-20(25-17)29-2)28-7-5-22-6-8-28;8-6-4-7-2-1-3-9(7)5-6;1-2/h3-4,9-10,22H,5-8H2,1-2H3,(H,24,27);6-7H,1-5H2;1-2H3. The number of anilines is 1. The lowest BCUT2D eigenvalue weighted by molar-refractivity contribution is 0.292. The summed E-state index contributed by atoms with van der Waals surface area (Å²) in [6, 6.07) is 4.60. The second-order valence-corrected chi connectivity index (χ2v) is 10.2. The van der Waals surface area contributed by atoms with Crippen molar-refractivity contribution in [3.05, 3.63) is 35.9 Å². The quantitative estimate of drug-likeness (QED) is 0.379. The van der Waals surface area contributed by atoms with Crippen LogP contribution in [0.2, 0.25) is 0 Å². The van der Waals surface area contributed by atoms with E-state index in [9.17, 15) is 4.39 Å². The van der Waals surface area contributed by atoms with Gasteiger partial charge in [-0.05, 0) is 44.4 Å². The molecule has 2 unspecified atom stereocenters. The minimum absolute atomic E-state index is 0.139. The van der Waals surface area contributed by atoms with Crippen molar-refractivity contribution in [2.75, 3.05) is 51.3 Å². The highest BCUT2D eigenvalue weighted by molar-refractivity contribution is 5.98. The van der Waals surface area contributed by atoms with Crippen molar-refractivity contribution < 1.29 is 13.5 Å². The minimum Gasteiger partial charge on any atom is -0.467 e. The molecule has 9 nitrogen and oxygen atoms in total. The predicted octanol–water partition coefficient (Wildman–Crippen LogP) is 4.65. The van der Waals surface area contributed by atoms with Crippen molar-refractivity contribution in [2.45, 2.75) is 52.2 Å². The van der Waals surface area contributed by atoms with Crippen LogP contribution < -0.4 is 15.0 Å². The minimum atomic E-state index is -0.518. The van der Waals surface area contributed by atoms with Crippen molar-refractivity contribution in [2.24, 2.45) is 0 Å². The summed E-state index contributed by atoms with van der Waals surface area (Å²) in [6.07, 6.45) is 6.16. The lowest BCUT2D eigenvalue weighted by Gasteiger charge is -2.29. The summed E-state index contributed by atoms with van der Waals surface area (Å²) in [7, 11) is 1.49. The van der Waals surface area contributed by atoms with Crippen LogP contribution in [0.4, 0.5) is 14.6 Å². The second-order valence-electron chi connectivity index (χ2n) is 10.2. The Bertz CT molecular complexity index is 1440. The molecule has 7 rings (SSSR count). The van der Waals surface area contributed by atoms with E-state index in [1.807, 2.05) is 32.9 Å². The highest BCUT2D eigenvalue weighted by Gasteiger charge is 2.34. The molecule has 0 amide bonds. The molecule has 0 radical (unpaired) electrons. The zero-order valence-electron chi connectivity index (χ0n) is 23.7. The van der Waals surface area contributed by atoms with Crippen molar-refractivity contribution in [3.63, 3.8) is 0 Å². The van der Waals surface area contributed by atoms with E-state index in [2.05, 4.69) is 40.3 Å². The molecule has 0 saturated carbocycles. The molecule has 4 aromatic rings. The first-order valence-electron chi connectivity index (χ1n) is 14.2. The number of H-pyrrole nitrogens is 1. The van der Waals surface area contributed by atoms with E-state index in [0.29, 0.717) is 29.4 Å². The highest BCUT2D eigenvalue weighted by Crippen LogP contribution is 2.36. The Balaban J connectivity index is 0.000000246. The molecule has 2 N–H and O–H groups in total. The van der Waals surface area contributed by atoms with Gasteiger partial charge in [0.05, 0.1) is 24.2 Å². The number of aromatic amines is 1. The number of nitrogens with one attached hydrogen (secondary N) is 2. The fraction of sp³-hybridized carbons (Fsp3) is 0.517. The first-order valence-corrected chi connectivity index (χ1v) is 14.2. The van der Waals surface area contributed by atoms with E-state index in [1.165, 1.54) is 20.0 Å². The molecule has 3 fully saturated rings. The summed E-state index contributed by atoms with van der Waals surface area (Å²) in [5.41, 5.74) is 2.89. The van der Waals surface area contributed by atoms with Crippen LogP contribution in [0.15, 0.2) is 24.5 Å². The molecule has 1 aromatic carbocycles. The Morgan fingerprint density at radius 3 is 2.60 bits per heavy atom. The third-order valence-electron chi connectivity index (χ3n) is 7.77. The van der Waals surface area contributed by atoms with Gasteiger partial charge in [0.2, 0.25) is 0 Å². The van der Waals surface area contributed by atoms with Gasteiger partial charge in [-0.3, -0.25) is 15.0 Å². The molecule has 40 heavy (non-hydrogen) atoms. The third kappa shape index (κ3) is 5.44. The number of fused-ring (bicyclic) bond motifs is 3. The number of rotatable bonds is 3. The van der Waals surface area contributed by atoms with Gasteiger partial charge >= 0.3 is 6.01 Å². The number of halogens is 2. The monoisotopic (exact) mass is 552 g/mol. The smallest absolute Gasteiger partial charge is 0.318 e. The summed E-state index contributed by atoms with van der Waals surface area (Å²) < 4.78 is 33.6. The van der Waals surface area contributed by atoms with Gasteiger partial charge in [0.25, 0.3) is 0 Å². The lowest BCUT2D eigenvalue weighted by atomic mass is 10.00. The molecule has 3 saturated heterocycles. The van der Waals surface area contributed by atoms with E-state index in [0.717, 1.165) is 55.6 Å². The largest absolute Gasteiger partial charge is 0.467 e. The Kier molecular flexibility index (Phi) is 8.70. The molecular formula is C29H38F2N8O. The van der Waals surface area contributed by atoms with Gasteiger partial charge in [-0.15, -0.1) is 0 Å². The number of aromatic nitrogens is 5. The first kappa shape index (κ1) is 28.1. The van der Waals surface area contributed by atoms with Gasteiger partial charge in [0.1, 0.15) is 23.2 Å². The normalized spacial score (nSPS) is 20.6. The maximum absolute atomic E-state index is 15.8. The van der Waals surface area contributed by atoms with Gasteiger partial charge in [-0.2, -0.15) is 15.1 Å². The van der Waals surface area contributed by atoms with E-state index >= 15 is 4.39 Å². The molecule has 0 bridgehead atoms. The lowest BCUT2D eigenvalue weighted by Crippen LogP contribution is -2.44. The summed E-state index contributed by atoms with van der Waals surface area (Å²) in [6.45, 7) is 11.0. The van der Waals surface area contributed by atoms with Crippen LogP contribution in [0.5, 0.6) is 6.01 Å². The Labute approximate surface area is 233 Å². The maximum atomic E-state index is 15.8.